The van der Waals surface area contributed by atoms with E-state index in [-0.39, 0.29) is 0 Å². The minimum atomic E-state index is 0.618. The highest BCUT2D eigenvalue weighted by Crippen LogP contribution is 2.18. The molecule has 0 fully saturated rings. The van der Waals surface area contributed by atoms with E-state index in [1.165, 1.54) is 17.5 Å². The second-order valence-corrected chi connectivity index (χ2v) is 6.22. The van der Waals surface area contributed by atoms with E-state index in [0.29, 0.717) is 6.04 Å². The molecule has 0 unspecified atom stereocenters. The van der Waals surface area contributed by atoms with Crippen molar-refractivity contribution in [3.8, 4) is 0 Å². The van der Waals surface area contributed by atoms with Gasteiger partial charge >= 0.3 is 0 Å². The zero-order valence-corrected chi connectivity index (χ0v) is 13.8. The number of para-hydroxylation sites is 1. The van der Waals surface area contributed by atoms with Crippen LogP contribution in [-0.2, 0) is 6.54 Å². The molecule has 0 saturated carbocycles. The maximum absolute atomic E-state index is 5.45. The first-order valence-corrected chi connectivity index (χ1v) is 7.80. The van der Waals surface area contributed by atoms with Gasteiger partial charge in [0.25, 0.3) is 0 Å². The van der Waals surface area contributed by atoms with Crippen LogP contribution < -0.4 is 0 Å². The first-order valence-electron chi connectivity index (χ1n) is 7.39. The molecule has 0 aliphatic rings. The topological polar surface area (TPSA) is 24.0 Å². The molecule has 110 valence electrons. The molecule has 3 nitrogen and oxygen atoms in total. The van der Waals surface area contributed by atoms with Gasteiger partial charge in [0, 0.05) is 12.6 Å². The van der Waals surface area contributed by atoms with Gasteiger partial charge in [-0.3, -0.25) is 0 Å². The van der Waals surface area contributed by atoms with Crippen LogP contribution in [0.15, 0.2) is 18.2 Å². The van der Waals surface area contributed by atoms with Gasteiger partial charge in [0.2, 0.25) is 0 Å². The zero-order chi connectivity index (χ0) is 14.7. The first-order chi connectivity index (χ1) is 9.50. The summed E-state index contributed by atoms with van der Waals surface area (Å²) in [4.78, 5) is 5.69. The average Bonchev–Trinajstić information content (AvgIpc) is 2.71. The Morgan fingerprint density at radius 3 is 2.75 bits per heavy atom. The number of aromatic amines is 1. The van der Waals surface area contributed by atoms with Gasteiger partial charge in [-0.25, -0.2) is 0 Å². The summed E-state index contributed by atoms with van der Waals surface area (Å²) in [6, 6.07) is 6.94. The molecule has 0 amide bonds. The SMILES string of the molecule is Cc1cccc2[nH]c(=S)n(CCCCN(C)C(C)C)c12. The predicted octanol–water partition coefficient (Wildman–Crippen LogP) is 4.13. The van der Waals surface area contributed by atoms with Crippen molar-refractivity contribution in [3.05, 3.63) is 28.5 Å². The monoisotopic (exact) mass is 291 g/mol. The van der Waals surface area contributed by atoms with E-state index in [4.69, 9.17) is 12.2 Å². The Morgan fingerprint density at radius 1 is 1.30 bits per heavy atom. The molecule has 2 aromatic rings. The number of unbranched alkanes of at least 4 members (excludes halogenated alkanes) is 1. The maximum atomic E-state index is 5.45. The van der Waals surface area contributed by atoms with Crippen LogP contribution in [0.2, 0.25) is 0 Å². The van der Waals surface area contributed by atoms with Crippen molar-refractivity contribution in [2.45, 2.75) is 46.2 Å². The number of imidazole rings is 1. The van der Waals surface area contributed by atoms with Crippen molar-refractivity contribution < 1.29 is 0 Å². The fraction of sp³-hybridized carbons (Fsp3) is 0.562. The molecule has 4 heteroatoms. The molecule has 0 aliphatic heterocycles. The van der Waals surface area contributed by atoms with Crippen LogP contribution in [0.4, 0.5) is 0 Å². The van der Waals surface area contributed by atoms with E-state index in [2.05, 4.69) is 60.5 Å². The lowest BCUT2D eigenvalue weighted by Gasteiger charge is -2.20. The van der Waals surface area contributed by atoms with E-state index in [1.807, 2.05) is 0 Å². The molecule has 0 atom stereocenters. The highest BCUT2D eigenvalue weighted by atomic mass is 32.1. The number of hydrogen-bond donors (Lipinski definition) is 1. The summed E-state index contributed by atoms with van der Waals surface area (Å²) in [5.41, 5.74) is 3.69. The fourth-order valence-corrected chi connectivity index (χ4v) is 2.80. The summed E-state index contributed by atoms with van der Waals surface area (Å²) in [6.07, 6.45) is 2.36. The molecule has 2 rings (SSSR count). The van der Waals surface area contributed by atoms with Gasteiger partial charge in [-0.2, -0.15) is 0 Å². The summed E-state index contributed by atoms with van der Waals surface area (Å²) < 4.78 is 3.08. The Morgan fingerprint density at radius 2 is 2.05 bits per heavy atom. The molecule has 1 aromatic heterocycles. The quantitative estimate of drug-likeness (QED) is 0.639. The van der Waals surface area contributed by atoms with Crippen molar-refractivity contribution in [2.24, 2.45) is 0 Å². The molecular weight excluding hydrogens is 266 g/mol. The van der Waals surface area contributed by atoms with Gasteiger partial charge in [0.15, 0.2) is 4.77 Å². The molecule has 0 radical (unpaired) electrons. The van der Waals surface area contributed by atoms with Gasteiger partial charge in [0.05, 0.1) is 11.0 Å². The van der Waals surface area contributed by atoms with Crippen LogP contribution in [0, 0.1) is 11.7 Å². The molecule has 20 heavy (non-hydrogen) atoms. The second-order valence-electron chi connectivity index (χ2n) is 5.83. The van der Waals surface area contributed by atoms with E-state index < -0.39 is 0 Å². The van der Waals surface area contributed by atoms with Gasteiger partial charge in [-0.1, -0.05) is 12.1 Å². The van der Waals surface area contributed by atoms with Crippen molar-refractivity contribution in [2.75, 3.05) is 13.6 Å². The van der Waals surface area contributed by atoms with Gasteiger partial charge in [-0.15, -0.1) is 0 Å². The van der Waals surface area contributed by atoms with Crippen LogP contribution >= 0.6 is 12.2 Å². The minimum absolute atomic E-state index is 0.618. The fourth-order valence-electron chi connectivity index (χ4n) is 2.51. The molecular formula is C16H25N3S. The predicted molar refractivity (Wildman–Crippen MR) is 88.9 cm³/mol. The molecule has 1 aromatic carbocycles. The molecule has 0 spiro atoms. The Balaban J connectivity index is 2.04. The van der Waals surface area contributed by atoms with Gasteiger partial charge < -0.3 is 14.5 Å². The lowest BCUT2D eigenvalue weighted by atomic mass is 10.2. The number of aromatic nitrogens is 2. The summed E-state index contributed by atoms with van der Waals surface area (Å²) in [5, 5.41) is 0. The Kier molecular flexibility index (Phi) is 5.00. The van der Waals surface area contributed by atoms with Crippen LogP contribution in [0.3, 0.4) is 0 Å². The van der Waals surface area contributed by atoms with Crippen LogP contribution in [0.5, 0.6) is 0 Å². The average molecular weight is 291 g/mol. The lowest BCUT2D eigenvalue weighted by molar-refractivity contribution is 0.266. The van der Waals surface area contributed by atoms with E-state index >= 15 is 0 Å². The Labute approximate surface area is 126 Å². The van der Waals surface area contributed by atoms with Crippen molar-refractivity contribution in [3.63, 3.8) is 0 Å². The van der Waals surface area contributed by atoms with E-state index in [0.717, 1.165) is 29.8 Å². The van der Waals surface area contributed by atoms with Crippen LogP contribution in [-0.4, -0.2) is 34.1 Å². The largest absolute Gasteiger partial charge is 0.331 e. The van der Waals surface area contributed by atoms with Crippen molar-refractivity contribution in [1.82, 2.24) is 14.5 Å². The maximum Gasteiger partial charge on any atom is 0.178 e. The zero-order valence-electron chi connectivity index (χ0n) is 12.9. The third-order valence-corrected chi connectivity index (χ3v) is 4.34. The standard InChI is InChI=1S/C16H25N3S/c1-12(2)18(4)10-5-6-11-19-15-13(3)8-7-9-14(15)17-16(19)20/h7-9,12H,5-6,10-11H2,1-4H3,(H,17,20). The summed E-state index contributed by atoms with van der Waals surface area (Å²) in [7, 11) is 2.19. The normalized spacial score (nSPS) is 11.9. The number of rotatable bonds is 6. The Hall–Kier alpha value is -1.13. The van der Waals surface area contributed by atoms with Gasteiger partial charge in [0.1, 0.15) is 0 Å². The first kappa shape index (κ1) is 15.3. The molecule has 1 N–H and O–H groups in total. The molecule has 1 heterocycles. The number of fused-ring (bicyclic) bond motifs is 1. The second kappa shape index (κ2) is 6.55. The van der Waals surface area contributed by atoms with Gasteiger partial charge in [-0.05, 0) is 71.1 Å². The minimum Gasteiger partial charge on any atom is -0.331 e. The number of benzene rings is 1. The lowest BCUT2D eigenvalue weighted by Crippen LogP contribution is -2.27. The number of nitrogens with zero attached hydrogens (tertiary/aromatic N) is 2. The van der Waals surface area contributed by atoms with E-state index in [9.17, 15) is 0 Å². The third-order valence-electron chi connectivity index (χ3n) is 4.02. The molecule has 0 aliphatic carbocycles. The number of aryl methyl sites for hydroxylation is 2. The molecule has 0 bridgehead atoms. The number of hydrogen-bond acceptors (Lipinski definition) is 2. The van der Waals surface area contributed by atoms with Crippen LogP contribution in [0.1, 0.15) is 32.3 Å². The van der Waals surface area contributed by atoms with Crippen LogP contribution in [0.25, 0.3) is 11.0 Å². The van der Waals surface area contributed by atoms with Crippen molar-refractivity contribution >= 4 is 23.3 Å². The third kappa shape index (κ3) is 3.30. The summed E-state index contributed by atoms with van der Waals surface area (Å²) >= 11 is 5.45. The molecule has 0 saturated heterocycles. The smallest absolute Gasteiger partial charge is 0.178 e. The number of nitrogens with one attached hydrogen (secondary N) is 1. The van der Waals surface area contributed by atoms with E-state index in [1.54, 1.807) is 0 Å². The summed E-state index contributed by atoms with van der Waals surface area (Å²) in [6.45, 7) is 8.76. The highest BCUT2D eigenvalue weighted by Gasteiger charge is 2.07. The van der Waals surface area contributed by atoms with Crippen molar-refractivity contribution in [1.29, 1.82) is 0 Å². The number of H-pyrrole nitrogens is 1. The summed E-state index contributed by atoms with van der Waals surface area (Å²) in [5.74, 6) is 0. The Bertz CT molecular complexity index is 624. The highest BCUT2D eigenvalue weighted by molar-refractivity contribution is 7.71.